The van der Waals surface area contributed by atoms with Crippen LogP contribution < -0.4 is 9.62 Å². The van der Waals surface area contributed by atoms with Crippen LogP contribution in [0.4, 0.5) is 5.69 Å². The van der Waals surface area contributed by atoms with Gasteiger partial charge in [-0.15, -0.1) is 0 Å². The van der Waals surface area contributed by atoms with Gasteiger partial charge in [-0.25, -0.2) is 8.42 Å². The van der Waals surface area contributed by atoms with Crippen molar-refractivity contribution in [3.8, 4) is 0 Å². The van der Waals surface area contributed by atoms with Crippen LogP contribution in [0.5, 0.6) is 0 Å². The molecule has 0 bridgehead atoms. The first kappa shape index (κ1) is 25.3. The Labute approximate surface area is 196 Å². The molecule has 0 aliphatic carbocycles. The lowest BCUT2D eigenvalue weighted by Crippen LogP contribution is -2.50. The molecular weight excluding hydrogens is 485 g/mol. The number of benzene rings is 2. The maximum atomic E-state index is 13.3. The molecule has 31 heavy (non-hydrogen) atoms. The van der Waals surface area contributed by atoms with Crippen molar-refractivity contribution in [3.63, 3.8) is 0 Å². The van der Waals surface area contributed by atoms with Crippen molar-refractivity contribution < 1.29 is 18.0 Å². The van der Waals surface area contributed by atoms with Gasteiger partial charge in [0.2, 0.25) is 21.8 Å². The fourth-order valence-electron chi connectivity index (χ4n) is 2.88. The summed E-state index contributed by atoms with van der Waals surface area (Å²) < 4.78 is 25.8. The van der Waals surface area contributed by atoms with Crippen LogP contribution in [-0.4, -0.2) is 51.0 Å². The molecule has 0 fully saturated rings. The number of nitrogens with zero attached hydrogens (tertiary/aromatic N) is 2. The lowest BCUT2D eigenvalue weighted by atomic mass is 10.1. The van der Waals surface area contributed by atoms with Gasteiger partial charge in [-0.2, -0.15) is 0 Å². The molecule has 2 aromatic carbocycles. The smallest absolute Gasteiger partial charge is 0.244 e. The highest BCUT2D eigenvalue weighted by Crippen LogP contribution is 2.33. The van der Waals surface area contributed by atoms with Crippen LogP contribution in [0.15, 0.2) is 42.5 Å². The lowest BCUT2D eigenvalue weighted by Gasteiger charge is -2.31. The molecule has 0 aliphatic rings. The fourth-order valence-corrected chi connectivity index (χ4v) is 4.38. The molecule has 11 heteroatoms. The first-order chi connectivity index (χ1) is 14.5. The molecular formula is C20H22Cl3N3O4S. The van der Waals surface area contributed by atoms with Crippen LogP contribution in [0.25, 0.3) is 0 Å². The molecule has 0 unspecified atom stereocenters. The molecule has 0 saturated heterocycles. The van der Waals surface area contributed by atoms with E-state index >= 15 is 0 Å². The van der Waals surface area contributed by atoms with Gasteiger partial charge >= 0.3 is 0 Å². The average molecular weight is 507 g/mol. The van der Waals surface area contributed by atoms with Crippen LogP contribution in [0.3, 0.4) is 0 Å². The predicted octanol–water partition coefficient (Wildman–Crippen LogP) is 3.58. The molecule has 1 atom stereocenters. The summed E-state index contributed by atoms with van der Waals surface area (Å²) in [6.07, 6.45) is 0.956. The standard InChI is InChI=1S/C20H22Cl3N3O4S/c1-13(20(28)24-2)25(11-14-7-4-5-8-15(14)21)18(27)12-26(31(3,29)30)17-10-6-9-16(22)19(17)23/h4-10,13H,11-12H2,1-3H3,(H,24,28)/t13-/m0/s1. The molecule has 2 rings (SSSR count). The van der Waals surface area contributed by atoms with Gasteiger partial charge < -0.3 is 10.2 Å². The average Bonchev–Trinajstić information content (AvgIpc) is 2.71. The summed E-state index contributed by atoms with van der Waals surface area (Å²) in [5.74, 6) is -1.02. The SMILES string of the molecule is CNC(=O)[C@H](C)N(Cc1ccccc1Cl)C(=O)CN(c1cccc(Cl)c1Cl)S(C)(=O)=O. The third-order valence-electron chi connectivity index (χ3n) is 4.59. The summed E-state index contributed by atoms with van der Waals surface area (Å²) in [4.78, 5) is 26.8. The molecule has 0 saturated carbocycles. The van der Waals surface area contributed by atoms with E-state index in [-0.39, 0.29) is 22.3 Å². The minimum absolute atomic E-state index is 0.000560. The second kappa shape index (κ2) is 10.5. The van der Waals surface area contributed by atoms with E-state index in [0.29, 0.717) is 10.6 Å². The van der Waals surface area contributed by atoms with E-state index in [4.69, 9.17) is 34.8 Å². The lowest BCUT2D eigenvalue weighted by molar-refractivity contribution is -0.139. The van der Waals surface area contributed by atoms with Crippen LogP contribution in [0.2, 0.25) is 15.1 Å². The molecule has 168 valence electrons. The van der Waals surface area contributed by atoms with E-state index in [1.807, 2.05) is 0 Å². The Hall–Kier alpha value is -2.00. The third kappa shape index (κ3) is 6.26. The number of hydrogen-bond acceptors (Lipinski definition) is 4. The van der Waals surface area contributed by atoms with Gasteiger partial charge in [0.05, 0.1) is 22.0 Å². The van der Waals surface area contributed by atoms with Gasteiger partial charge in [0.25, 0.3) is 0 Å². The van der Waals surface area contributed by atoms with Gasteiger partial charge in [0.15, 0.2) is 0 Å². The normalized spacial score (nSPS) is 12.2. The van der Waals surface area contributed by atoms with Crippen molar-refractivity contribution in [2.24, 2.45) is 0 Å². The zero-order chi connectivity index (χ0) is 23.3. The number of anilines is 1. The van der Waals surface area contributed by atoms with E-state index in [2.05, 4.69) is 5.32 Å². The molecule has 2 aromatic rings. The molecule has 2 amide bonds. The summed E-state index contributed by atoms with van der Waals surface area (Å²) >= 11 is 18.5. The van der Waals surface area contributed by atoms with E-state index in [1.165, 1.54) is 30.1 Å². The zero-order valence-corrected chi connectivity index (χ0v) is 20.2. The zero-order valence-electron chi connectivity index (χ0n) is 17.1. The largest absolute Gasteiger partial charge is 0.357 e. The fraction of sp³-hybridized carbons (Fsp3) is 0.300. The monoisotopic (exact) mass is 505 g/mol. The second-order valence-electron chi connectivity index (χ2n) is 6.75. The van der Waals surface area contributed by atoms with Crippen molar-refractivity contribution in [1.29, 1.82) is 0 Å². The van der Waals surface area contributed by atoms with Crippen LogP contribution in [-0.2, 0) is 26.2 Å². The molecule has 1 N–H and O–H groups in total. The Morgan fingerprint density at radius 3 is 2.23 bits per heavy atom. The topological polar surface area (TPSA) is 86.8 Å². The number of halogens is 3. The number of carbonyl (C=O) groups excluding carboxylic acids is 2. The number of nitrogens with one attached hydrogen (secondary N) is 1. The Morgan fingerprint density at radius 1 is 1.03 bits per heavy atom. The van der Waals surface area contributed by atoms with Crippen LogP contribution >= 0.6 is 34.8 Å². The minimum Gasteiger partial charge on any atom is -0.357 e. The van der Waals surface area contributed by atoms with Crippen molar-refractivity contribution in [3.05, 3.63) is 63.1 Å². The van der Waals surface area contributed by atoms with Gasteiger partial charge in [0.1, 0.15) is 12.6 Å². The van der Waals surface area contributed by atoms with Crippen molar-refractivity contribution in [1.82, 2.24) is 10.2 Å². The van der Waals surface area contributed by atoms with Gasteiger partial charge in [0, 0.05) is 18.6 Å². The molecule has 0 spiro atoms. The number of likely N-dealkylation sites (N-methyl/N-ethyl adjacent to an activating group) is 1. The van der Waals surface area contributed by atoms with E-state index < -0.39 is 34.4 Å². The Morgan fingerprint density at radius 2 is 1.65 bits per heavy atom. The molecule has 0 heterocycles. The molecule has 0 aliphatic heterocycles. The number of sulfonamides is 1. The molecule has 0 aromatic heterocycles. The highest BCUT2D eigenvalue weighted by Gasteiger charge is 2.31. The van der Waals surface area contributed by atoms with E-state index in [9.17, 15) is 18.0 Å². The van der Waals surface area contributed by atoms with E-state index in [1.54, 1.807) is 31.2 Å². The van der Waals surface area contributed by atoms with Crippen molar-refractivity contribution >= 4 is 62.3 Å². The van der Waals surface area contributed by atoms with Crippen LogP contribution in [0, 0.1) is 0 Å². The van der Waals surface area contributed by atoms with E-state index in [0.717, 1.165) is 10.6 Å². The summed E-state index contributed by atoms with van der Waals surface area (Å²) in [5, 5.41) is 3.06. The van der Waals surface area contributed by atoms with Crippen molar-refractivity contribution in [2.45, 2.75) is 19.5 Å². The van der Waals surface area contributed by atoms with Crippen LogP contribution in [0.1, 0.15) is 12.5 Å². The number of hydrogen-bond donors (Lipinski definition) is 1. The first-order valence-electron chi connectivity index (χ1n) is 9.13. The maximum Gasteiger partial charge on any atom is 0.244 e. The minimum atomic E-state index is -3.90. The summed E-state index contributed by atoms with van der Waals surface area (Å²) in [7, 11) is -2.45. The highest BCUT2D eigenvalue weighted by molar-refractivity contribution is 7.92. The Balaban J connectivity index is 2.45. The summed E-state index contributed by atoms with van der Waals surface area (Å²) in [5.41, 5.74) is 0.676. The van der Waals surface area contributed by atoms with Gasteiger partial charge in [-0.3, -0.25) is 13.9 Å². The maximum absolute atomic E-state index is 13.3. The van der Waals surface area contributed by atoms with Gasteiger partial charge in [-0.05, 0) is 30.7 Å². The third-order valence-corrected chi connectivity index (χ3v) is 6.90. The second-order valence-corrected chi connectivity index (χ2v) is 9.85. The highest BCUT2D eigenvalue weighted by atomic mass is 35.5. The first-order valence-corrected chi connectivity index (χ1v) is 12.1. The van der Waals surface area contributed by atoms with Gasteiger partial charge in [-0.1, -0.05) is 59.1 Å². The van der Waals surface area contributed by atoms with Crippen molar-refractivity contribution in [2.75, 3.05) is 24.2 Å². The number of carbonyl (C=O) groups is 2. The molecule has 7 nitrogen and oxygen atoms in total. The predicted molar refractivity (Wildman–Crippen MR) is 124 cm³/mol. The summed E-state index contributed by atoms with van der Waals surface area (Å²) in [6.45, 7) is 0.976. The quantitative estimate of drug-likeness (QED) is 0.593. The summed E-state index contributed by atoms with van der Waals surface area (Å²) in [6, 6.07) is 10.5. The Kier molecular flexibility index (Phi) is 8.59. The number of amides is 2. The molecule has 0 radical (unpaired) electrons. The number of rotatable bonds is 8. The Bertz CT molecular complexity index is 1080.